The van der Waals surface area contributed by atoms with Crippen LogP contribution in [0.1, 0.15) is 44.0 Å². The number of primary amides is 1. The number of likely N-dealkylation sites (tertiary alicyclic amines) is 1. The fraction of sp³-hybridized carbons (Fsp3) is 0.409. The number of piperidine rings is 1. The molecule has 0 spiro atoms. The number of rotatable bonds is 4. The van der Waals surface area contributed by atoms with Crippen LogP contribution < -0.4 is 16.4 Å². The monoisotopic (exact) mass is 444 g/mol. The summed E-state index contributed by atoms with van der Waals surface area (Å²) in [4.78, 5) is 39.3. The Labute approximate surface area is 185 Å². The third-order valence-electron chi connectivity index (χ3n) is 4.68. The Morgan fingerprint density at radius 3 is 2.55 bits per heavy atom. The van der Waals surface area contributed by atoms with E-state index in [4.69, 9.17) is 10.5 Å². The number of hydrogen-bond acceptors (Lipinski definition) is 5. The standard InChI is InChI=1S/C22H28N4O4S/c1-22(2,3)30-21(29)26-11-7-10-15(13-26)24-18(27)16-12-17(14-8-5-4-6-9-14)31-19(16)25-20(23)28/h4-6,8-9,12,15H,7,10-11,13H2,1-3H3,(H,24,27)(H3,23,25,28). The number of anilines is 1. The minimum atomic E-state index is -0.732. The van der Waals surface area contributed by atoms with Crippen molar-refractivity contribution in [1.29, 1.82) is 0 Å². The van der Waals surface area contributed by atoms with Gasteiger partial charge in [0.2, 0.25) is 0 Å². The highest BCUT2D eigenvalue weighted by Gasteiger charge is 2.29. The molecule has 31 heavy (non-hydrogen) atoms. The first-order chi connectivity index (χ1) is 14.6. The third kappa shape index (κ3) is 6.21. The Balaban J connectivity index is 1.74. The summed E-state index contributed by atoms with van der Waals surface area (Å²) in [5, 5.41) is 5.93. The van der Waals surface area contributed by atoms with Gasteiger partial charge in [0.15, 0.2) is 0 Å². The molecular formula is C22H28N4O4S. The van der Waals surface area contributed by atoms with Crippen molar-refractivity contribution in [3.8, 4) is 10.4 Å². The minimum Gasteiger partial charge on any atom is -0.444 e. The van der Waals surface area contributed by atoms with E-state index in [0.29, 0.717) is 23.7 Å². The number of urea groups is 1. The second-order valence-electron chi connectivity index (χ2n) is 8.45. The molecule has 1 saturated heterocycles. The molecule has 0 radical (unpaired) electrons. The summed E-state index contributed by atoms with van der Waals surface area (Å²) < 4.78 is 5.44. The number of carbonyl (C=O) groups is 3. The predicted molar refractivity (Wildman–Crippen MR) is 121 cm³/mol. The lowest BCUT2D eigenvalue weighted by Crippen LogP contribution is -2.50. The predicted octanol–water partition coefficient (Wildman–Crippen LogP) is 4.04. The van der Waals surface area contributed by atoms with Crippen molar-refractivity contribution >= 4 is 34.4 Å². The fourth-order valence-electron chi connectivity index (χ4n) is 3.36. The molecule has 0 saturated carbocycles. The normalized spacial score (nSPS) is 16.5. The van der Waals surface area contributed by atoms with Crippen molar-refractivity contribution in [2.24, 2.45) is 5.73 Å². The lowest BCUT2D eigenvalue weighted by molar-refractivity contribution is 0.0185. The van der Waals surface area contributed by atoms with Gasteiger partial charge in [0, 0.05) is 24.0 Å². The van der Waals surface area contributed by atoms with Gasteiger partial charge in [-0.3, -0.25) is 10.1 Å². The molecular weight excluding hydrogens is 416 g/mol. The molecule has 1 aromatic carbocycles. The molecule has 0 bridgehead atoms. The molecule has 1 fully saturated rings. The zero-order chi connectivity index (χ0) is 22.6. The quantitative estimate of drug-likeness (QED) is 0.660. The molecule has 4 amide bonds. The summed E-state index contributed by atoms with van der Waals surface area (Å²) in [5.41, 5.74) is 6.00. The van der Waals surface area contributed by atoms with Crippen molar-refractivity contribution < 1.29 is 19.1 Å². The number of carbonyl (C=O) groups excluding carboxylic acids is 3. The van der Waals surface area contributed by atoms with Gasteiger partial charge >= 0.3 is 12.1 Å². The van der Waals surface area contributed by atoms with Crippen LogP contribution in [0.5, 0.6) is 0 Å². The van der Waals surface area contributed by atoms with E-state index in [9.17, 15) is 14.4 Å². The fourth-order valence-corrected chi connectivity index (χ4v) is 4.42. The van der Waals surface area contributed by atoms with Crippen molar-refractivity contribution in [2.45, 2.75) is 45.3 Å². The van der Waals surface area contributed by atoms with E-state index in [1.54, 1.807) is 11.0 Å². The molecule has 1 aliphatic rings. The van der Waals surface area contributed by atoms with Crippen LogP contribution in [0.25, 0.3) is 10.4 Å². The maximum atomic E-state index is 13.0. The maximum absolute atomic E-state index is 13.0. The number of ether oxygens (including phenoxy) is 1. The van der Waals surface area contributed by atoms with Gasteiger partial charge in [0.1, 0.15) is 10.6 Å². The first-order valence-corrected chi connectivity index (χ1v) is 11.0. The topological polar surface area (TPSA) is 114 Å². The average Bonchev–Trinajstić information content (AvgIpc) is 3.11. The van der Waals surface area contributed by atoms with Crippen LogP contribution in [-0.2, 0) is 4.74 Å². The molecule has 166 valence electrons. The molecule has 1 aliphatic heterocycles. The Morgan fingerprint density at radius 2 is 1.90 bits per heavy atom. The molecule has 0 aliphatic carbocycles. The van der Waals surface area contributed by atoms with Crippen molar-refractivity contribution in [2.75, 3.05) is 18.4 Å². The average molecular weight is 445 g/mol. The van der Waals surface area contributed by atoms with Crippen LogP contribution in [0.4, 0.5) is 14.6 Å². The van der Waals surface area contributed by atoms with E-state index < -0.39 is 11.6 Å². The van der Waals surface area contributed by atoms with E-state index in [1.165, 1.54) is 11.3 Å². The van der Waals surface area contributed by atoms with E-state index >= 15 is 0 Å². The Kier molecular flexibility index (Phi) is 6.84. The summed E-state index contributed by atoms with van der Waals surface area (Å²) >= 11 is 1.29. The van der Waals surface area contributed by atoms with Gasteiger partial charge in [0.25, 0.3) is 5.91 Å². The molecule has 2 heterocycles. The summed E-state index contributed by atoms with van der Waals surface area (Å²) in [6, 6.07) is 10.4. The summed E-state index contributed by atoms with van der Waals surface area (Å²) in [6.45, 7) is 6.42. The van der Waals surface area contributed by atoms with E-state index in [-0.39, 0.29) is 18.0 Å². The molecule has 9 heteroatoms. The SMILES string of the molecule is CC(C)(C)OC(=O)N1CCCC(NC(=O)c2cc(-c3ccccc3)sc2NC(N)=O)C1. The van der Waals surface area contributed by atoms with E-state index in [1.807, 2.05) is 51.1 Å². The lowest BCUT2D eigenvalue weighted by atomic mass is 10.1. The van der Waals surface area contributed by atoms with Gasteiger partial charge < -0.3 is 20.7 Å². The lowest BCUT2D eigenvalue weighted by Gasteiger charge is -2.34. The second kappa shape index (κ2) is 9.38. The highest BCUT2D eigenvalue weighted by atomic mass is 32.1. The van der Waals surface area contributed by atoms with Crippen molar-refractivity contribution in [3.63, 3.8) is 0 Å². The molecule has 2 aromatic rings. The molecule has 1 aromatic heterocycles. The largest absolute Gasteiger partial charge is 0.444 e. The smallest absolute Gasteiger partial charge is 0.410 e. The highest BCUT2D eigenvalue weighted by molar-refractivity contribution is 7.20. The Bertz CT molecular complexity index is 952. The van der Waals surface area contributed by atoms with Crippen LogP contribution in [0.3, 0.4) is 0 Å². The van der Waals surface area contributed by atoms with Crippen LogP contribution in [0, 0.1) is 0 Å². The molecule has 8 nitrogen and oxygen atoms in total. The number of thiophene rings is 1. The summed E-state index contributed by atoms with van der Waals surface area (Å²) in [6.07, 6.45) is 1.12. The van der Waals surface area contributed by atoms with Crippen molar-refractivity contribution in [1.82, 2.24) is 10.2 Å². The zero-order valence-electron chi connectivity index (χ0n) is 17.9. The molecule has 3 rings (SSSR count). The Morgan fingerprint density at radius 1 is 1.19 bits per heavy atom. The van der Waals surface area contributed by atoms with Gasteiger partial charge in [-0.05, 0) is 45.2 Å². The van der Waals surface area contributed by atoms with Crippen LogP contribution in [0.2, 0.25) is 0 Å². The molecule has 4 N–H and O–H groups in total. The molecule has 1 atom stereocenters. The number of amides is 4. The third-order valence-corrected chi connectivity index (χ3v) is 5.78. The summed E-state index contributed by atoms with van der Waals surface area (Å²) in [5.74, 6) is -0.321. The summed E-state index contributed by atoms with van der Waals surface area (Å²) in [7, 11) is 0. The number of nitrogens with zero attached hydrogens (tertiary/aromatic N) is 1. The van der Waals surface area contributed by atoms with E-state index in [0.717, 1.165) is 23.3 Å². The van der Waals surface area contributed by atoms with Crippen LogP contribution in [-0.4, -0.2) is 47.7 Å². The van der Waals surface area contributed by atoms with Crippen molar-refractivity contribution in [3.05, 3.63) is 42.0 Å². The molecule has 1 unspecified atom stereocenters. The number of nitrogens with two attached hydrogens (primary N) is 1. The van der Waals surface area contributed by atoms with Crippen LogP contribution in [0.15, 0.2) is 36.4 Å². The highest BCUT2D eigenvalue weighted by Crippen LogP contribution is 2.35. The minimum absolute atomic E-state index is 0.213. The van der Waals surface area contributed by atoms with E-state index in [2.05, 4.69) is 10.6 Å². The second-order valence-corrected chi connectivity index (χ2v) is 9.50. The van der Waals surface area contributed by atoms with Gasteiger partial charge in [-0.2, -0.15) is 0 Å². The van der Waals surface area contributed by atoms with Gasteiger partial charge in [0.05, 0.1) is 5.56 Å². The Hall–Kier alpha value is -3.07. The number of hydrogen-bond donors (Lipinski definition) is 3. The first kappa shape index (κ1) is 22.6. The van der Waals surface area contributed by atoms with Gasteiger partial charge in [-0.1, -0.05) is 30.3 Å². The maximum Gasteiger partial charge on any atom is 0.410 e. The number of nitrogens with one attached hydrogen (secondary N) is 2. The van der Waals surface area contributed by atoms with Gasteiger partial charge in [-0.25, -0.2) is 9.59 Å². The van der Waals surface area contributed by atoms with Crippen LogP contribution >= 0.6 is 11.3 Å². The first-order valence-electron chi connectivity index (χ1n) is 10.2. The zero-order valence-corrected chi connectivity index (χ0v) is 18.8. The number of benzene rings is 1. The van der Waals surface area contributed by atoms with Gasteiger partial charge in [-0.15, -0.1) is 11.3 Å².